The molecule has 0 saturated heterocycles. The van der Waals surface area contributed by atoms with Gasteiger partial charge in [-0.15, -0.1) is 0 Å². The maximum absolute atomic E-state index is 12.4. The van der Waals surface area contributed by atoms with Crippen LogP contribution in [0.3, 0.4) is 0 Å². The lowest BCUT2D eigenvalue weighted by Gasteiger charge is -2.24. The molecule has 0 amide bonds. The monoisotopic (exact) mass is 271 g/mol. The third kappa shape index (κ3) is 3.08. The molecule has 1 aromatic rings. The molecule has 1 aromatic carbocycles. The Kier molecular flexibility index (Phi) is 4.48. The molecule has 0 radical (unpaired) electrons. The summed E-state index contributed by atoms with van der Waals surface area (Å²) in [5.41, 5.74) is 0.605. The number of carboxylic acid groups (broad SMARTS) is 1. The largest absolute Gasteiger partial charge is 0.480 e. The molecule has 1 rings (SSSR count). The van der Waals surface area contributed by atoms with Crippen molar-refractivity contribution in [2.75, 3.05) is 6.54 Å². The molecular formula is C12H17NO4S. The van der Waals surface area contributed by atoms with Crippen LogP contribution in [0, 0.1) is 6.92 Å². The Morgan fingerprint density at radius 3 is 2.33 bits per heavy atom. The first-order chi connectivity index (χ1) is 8.26. The number of hydrogen-bond acceptors (Lipinski definition) is 3. The van der Waals surface area contributed by atoms with Gasteiger partial charge in [0.25, 0.3) is 0 Å². The molecule has 0 aromatic heterocycles. The van der Waals surface area contributed by atoms with E-state index in [-0.39, 0.29) is 4.90 Å². The number of hydrogen-bond donors (Lipinski definition) is 1. The van der Waals surface area contributed by atoms with E-state index in [0.717, 1.165) is 4.31 Å². The molecule has 18 heavy (non-hydrogen) atoms. The van der Waals surface area contributed by atoms with Gasteiger partial charge < -0.3 is 5.11 Å². The summed E-state index contributed by atoms with van der Waals surface area (Å²) in [7, 11) is -3.77. The summed E-state index contributed by atoms with van der Waals surface area (Å²) in [6, 6.07) is 6.13. The van der Waals surface area contributed by atoms with Gasteiger partial charge in [-0.3, -0.25) is 4.79 Å². The van der Waals surface area contributed by atoms with E-state index in [0.29, 0.717) is 5.56 Å². The van der Waals surface area contributed by atoms with Crippen molar-refractivity contribution < 1.29 is 18.3 Å². The molecule has 0 bridgehead atoms. The zero-order chi connectivity index (χ0) is 13.9. The van der Waals surface area contributed by atoms with Crippen molar-refractivity contribution in [2.45, 2.75) is 31.7 Å². The number of aliphatic carboxylic acids is 1. The summed E-state index contributed by atoms with van der Waals surface area (Å²) < 4.78 is 25.8. The van der Waals surface area contributed by atoms with Gasteiger partial charge in [0.05, 0.1) is 4.90 Å². The Hall–Kier alpha value is -1.40. The molecule has 100 valence electrons. The highest BCUT2D eigenvalue weighted by atomic mass is 32.2. The zero-order valence-electron chi connectivity index (χ0n) is 10.6. The molecule has 6 heteroatoms. The molecule has 1 N–H and O–H groups in total. The van der Waals surface area contributed by atoms with Crippen LogP contribution in [0.15, 0.2) is 29.2 Å². The number of carbonyl (C=O) groups is 1. The first-order valence-electron chi connectivity index (χ1n) is 5.56. The summed E-state index contributed by atoms with van der Waals surface area (Å²) in [6.07, 6.45) is 0. The van der Waals surface area contributed by atoms with Gasteiger partial charge in [-0.1, -0.05) is 18.2 Å². The zero-order valence-corrected chi connectivity index (χ0v) is 11.4. The minimum absolute atomic E-state index is 0.153. The highest BCUT2D eigenvalue weighted by Crippen LogP contribution is 2.21. The average molecular weight is 271 g/mol. The van der Waals surface area contributed by atoms with Crippen LogP contribution in [0.5, 0.6) is 0 Å². The second-order valence-corrected chi connectivity index (χ2v) is 6.16. The van der Waals surface area contributed by atoms with Crippen LogP contribution < -0.4 is 0 Å². The fourth-order valence-corrected chi connectivity index (χ4v) is 3.46. The summed E-state index contributed by atoms with van der Waals surface area (Å²) in [5, 5.41) is 8.81. The number of nitrogens with zero attached hydrogens (tertiary/aromatic N) is 1. The van der Waals surface area contributed by atoms with E-state index < -0.39 is 28.6 Å². The second-order valence-electron chi connectivity index (χ2n) is 4.30. The first-order valence-corrected chi connectivity index (χ1v) is 7.00. The number of sulfonamides is 1. The van der Waals surface area contributed by atoms with Crippen LogP contribution in [0.25, 0.3) is 0 Å². The predicted octanol–water partition coefficient (Wildman–Crippen LogP) is 1.48. The molecule has 0 aliphatic heterocycles. The lowest BCUT2D eigenvalue weighted by Crippen LogP contribution is -2.40. The van der Waals surface area contributed by atoms with Crippen LogP contribution in [0.2, 0.25) is 0 Å². The van der Waals surface area contributed by atoms with Gasteiger partial charge in [0.1, 0.15) is 6.54 Å². The molecule has 0 heterocycles. The van der Waals surface area contributed by atoms with Crippen molar-refractivity contribution in [1.82, 2.24) is 4.31 Å². The molecule has 0 spiro atoms. The van der Waals surface area contributed by atoms with Gasteiger partial charge in [-0.05, 0) is 32.4 Å². The van der Waals surface area contributed by atoms with Gasteiger partial charge in [-0.2, -0.15) is 4.31 Å². The van der Waals surface area contributed by atoms with E-state index in [1.165, 1.54) is 6.07 Å². The fourth-order valence-electron chi connectivity index (χ4n) is 1.65. The average Bonchev–Trinajstić information content (AvgIpc) is 2.25. The lowest BCUT2D eigenvalue weighted by molar-refractivity contribution is -0.137. The van der Waals surface area contributed by atoms with Crippen molar-refractivity contribution in [3.8, 4) is 0 Å². The Balaban J connectivity index is 3.26. The van der Waals surface area contributed by atoms with E-state index in [4.69, 9.17) is 5.11 Å². The highest BCUT2D eigenvalue weighted by Gasteiger charge is 2.29. The maximum atomic E-state index is 12.4. The summed E-state index contributed by atoms with van der Waals surface area (Å²) in [6.45, 7) is 4.46. The van der Waals surface area contributed by atoms with Gasteiger partial charge in [0.15, 0.2) is 0 Å². The maximum Gasteiger partial charge on any atom is 0.318 e. The second kappa shape index (κ2) is 5.49. The third-order valence-corrected chi connectivity index (χ3v) is 4.73. The Morgan fingerprint density at radius 2 is 1.89 bits per heavy atom. The van der Waals surface area contributed by atoms with Crippen LogP contribution in [0.4, 0.5) is 0 Å². The van der Waals surface area contributed by atoms with Crippen LogP contribution in [-0.2, 0) is 14.8 Å². The Morgan fingerprint density at radius 1 is 1.33 bits per heavy atom. The first kappa shape index (κ1) is 14.7. The quantitative estimate of drug-likeness (QED) is 0.880. The summed E-state index contributed by atoms with van der Waals surface area (Å²) >= 11 is 0. The van der Waals surface area contributed by atoms with Crippen LogP contribution in [0.1, 0.15) is 19.4 Å². The molecular weight excluding hydrogens is 254 g/mol. The molecule has 0 unspecified atom stereocenters. The van der Waals surface area contributed by atoms with Gasteiger partial charge in [-0.25, -0.2) is 8.42 Å². The van der Waals surface area contributed by atoms with Crippen molar-refractivity contribution >= 4 is 16.0 Å². The number of benzene rings is 1. The molecule has 0 fully saturated rings. The fraction of sp³-hybridized carbons (Fsp3) is 0.417. The standard InChI is InChI=1S/C12H17NO4S/c1-9(2)13(8-12(14)15)18(16,17)11-7-5-4-6-10(11)3/h4-7,9H,8H2,1-3H3,(H,14,15). The number of rotatable bonds is 5. The molecule has 0 atom stereocenters. The topological polar surface area (TPSA) is 74.7 Å². The van der Waals surface area contributed by atoms with E-state index in [1.54, 1.807) is 39.0 Å². The van der Waals surface area contributed by atoms with Crippen molar-refractivity contribution in [2.24, 2.45) is 0 Å². The van der Waals surface area contributed by atoms with Crippen molar-refractivity contribution in [1.29, 1.82) is 0 Å². The normalized spacial score (nSPS) is 12.1. The predicted molar refractivity (Wildman–Crippen MR) is 67.8 cm³/mol. The van der Waals surface area contributed by atoms with Gasteiger partial charge in [0.2, 0.25) is 10.0 Å². The Labute approximate surface area is 107 Å². The van der Waals surface area contributed by atoms with Crippen molar-refractivity contribution in [3.05, 3.63) is 29.8 Å². The van der Waals surface area contributed by atoms with E-state index in [2.05, 4.69) is 0 Å². The SMILES string of the molecule is Cc1ccccc1S(=O)(=O)N(CC(=O)O)C(C)C. The van der Waals surface area contributed by atoms with E-state index >= 15 is 0 Å². The van der Waals surface area contributed by atoms with Crippen molar-refractivity contribution in [3.63, 3.8) is 0 Å². The molecule has 0 aliphatic rings. The molecule has 0 saturated carbocycles. The van der Waals surface area contributed by atoms with E-state index in [1.807, 2.05) is 0 Å². The Bertz CT molecular complexity index is 537. The van der Waals surface area contributed by atoms with Gasteiger partial charge >= 0.3 is 5.97 Å². The minimum atomic E-state index is -3.77. The third-order valence-electron chi connectivity index (χ3n) is 2.55. The summed E-state index contributed by atoms with van der Waals surface area (Å²) in [4.78, 5) is 10.9. The smallest absolute Gasteiger partial charge is 0.318 e. The minimum Gasteiger partial charge on any atom is -0.480 e. The lowest BCUT2D eigenvalue weighted by atomic mass is 10.2. The van der Waals surface area contributed by atoms with Crippen LogP contribution in [-0.4, -0.2) is 36.4 Å². The summed E-state index contributed by atoms with van der Waals surface area (Å²) in [5.74, 6) is -1.17. The number of carboxylic acids is 1. The number of aryl methyl sites for hydroxylation is 1. The molecule has 5 nitrogen and oxygen atoms in total. The van der Waals surface area contributed by atoms with E-state index in [9.17, 15) is 13.2 Å². The highest BCUT2D eigenvalue weighted by molar-refractivity contribution is 7.89. The van der Waals surface area contributed by atoms with Crippen LogP contribution >= 0.6 is 0 Å². The van der Waals surface area contributed by atoms with Gasteiger partial charge in [0, 0.05) is 6.04 Å². The molecule has 0 aliphatic carbocycles.